The molecule has 0 atom stereocenters. The van der Waals surface area contributed by atoms with E-state index in [0.717, 1.165) is 28.4 Å². The minimum atomic E-state index is 0.0216. The minimum absolute atomic E-state index is 0.0216. The summed E-state index contributed by atoms with van der Waals surface area (Å²) < 4.78 is 1.91. The zero-order valence-electron chi connectivity index (χ0n) is 12.1. The molecule has 1 aliphatic carbocycles. The monoisotopic (exact) mass is 331 g/mol. The third-order valence-electron chi connectivity index (χ3n) is 4.16. The van der Waals surface area contributed by atoms with Gasteiger partial charge in [-0.2, -0.15) is 0 Å². The molecule has 1 amide bonds. The molecule has 6 heteroatoms. The van der Waals surface area contributed by atoms with Gasteiger partial charge in [0.05, 0.1) is 4.88 Å². The number of nitrogens with one attached hydrogen (secondary N) is 1. The zero-order valence-corrected chi connectivity index (χ0v) is 13.8. The van der Waals surface area contributed by atoms with Gasteiger partial charge in [0.15, 0.2) is 4.96 Å². The second kappa shape index (κ2) is 5.85. The van der Waals surface area contributed by atoms with E-state index < -0.39 is 0 Å². The van der Waals surface area contributed by atoms with Gasteiger partial charge >= 0.3 is 0 Å². The molecule has 1 aliphatic rings. The maximum absolute atomic E-state index is 12.5. The van der Waals surface area contributed by atoms with Crippen molar-refractivity contribution < 1.29 is 4.79 Å². The second-order valence-corrected chi connectivity index (χ2v) is 7.47. The van der Waals surface area contributed by atoms with E-state index in [0.29, 0.717) is 11.7 Å². The summed E-state index contributed by atoms with van der Waals surface area (Å²) in [6.07, 6.45) is 7.90. The normalized spacial score (nSPS) is 16.2. The summed E-state index contributed by atoms with van der Waals surface area (Å²) in [7, 11) is 0. The van der Waals surface area contributed by atoms with Gasteiger partial charge in [-0.15, -0.1) is 22.7 Å². The highest BCUT2D eigenvalue weighted by Gasteiger charge is 2.20. The minimum Gasteiger partial charge on any atom is -0.348 e. The van der Waals surface area contributed by atoms with Crippen LogP contribution in [0.4, 0.5) is 0 Å². The Bertz CT molecular complexity index is 782. The lowest BCUT2D eigenvalue weighted by molar-refractivity contribution is 0.0922. The molecule has 0 aromatic carbocycles. The van der Waals surface area contributed by atoms with Gasteiger partial charge in [-0.25, -0.2) is 4.98 Å². The maximum atomic E-state index is 12.5. The first-order valence-electron chi connectivity index (χ1n) is 7.62. The van der Waals surface area contributed by atoms with Crippen LogP contribution in [0, 0.1) is 0 Å². The molecule has 3 aromatic heterocycles. The first-order valence-corrected chi connectivity index (χ1v) is 9.38. The molecule has 1 N–H and O–H groups in total. The standard InChI is InChI=1S/C16H17N3OS2/c20-15(17-11-5-2-1-3-6-11)13-10-22-16-18-12(9-19(13)16)14-7-4-8-21-14/h4,7-11H,1-3,5-6H2,(H,17,20). The number of rotatable bonds is 3. The summed E-state index contributed by atoms with van der Waals surface area (Å²) in [6.45, 7) is 0. The lowest BCUT2D eigenvalue weighted by Gasteiger charge is -2.22. The van der Waals surface area contributed by atoms with Crippen molar-refractivity contribution >= 4 is 33.5 Å². The van der Waals surface area contributed by atoms with Gasteiger partial charge < -0.3 is 5.32 Å². The second-order valence-electron chi connectivity index (χ2n) is 5.69. The van der Waals surface area contributed by atoms with Crippen molar-refractivity contribution in [2.24, 2.45) is 0 Å². The number of carbonyl (C=O) groups excluding carboxylic acids is 1. The van der Waals surface area contributed by atoms with Crippen LogP contribution in [0.3, 0.4) is 0 Å². The van der Waals surface area contributed by atoms with Crippen molar-refractivity contribution in [3.05, 3.63) is 34.8 Å². The third-order valence-corrected chi connectivity index (χ3v) is 5.89. The van der Waals surface area contributed by atoms with E-state index in [1.54, 1.807) is 11.3 Å². The Labute approximate surface area is 136 Å². The number of thiophene rings is 1. The zero-order chi connectivity index (χ0) is 14.9. The Morgan fingerprint density at radius 2 is 2.14 bits per heavy atom. The van der Waals surface area contributed by atoms with Gasteiger partial charge in [0, 0.05) is 17.6 Å². The average Bonchev–Trinajstić information content (AvgIpc) is 3.24. The molecular formula is C16H17N3OS2. The maximum Gasteiger partial charge on any atom is 0.269 e. The smallest absolute Gasteiger partial charge is 0.269 e. The van der Waals surface area contributed by atoms with Crippen LogP contribution in [-0.2, 0) is 0 Å². The van der Waals surface area contributed by atoms with Crippen LogP contribution in [0.1, 0.15) is 42.6 Å². The highest BCUT2D eigenvalue weighted by molar-refractivity contribution is 7.15. The molecule has 1 fully saturated rings. The molecule has 0 aliphatic heterocycles. The largest absolute Gasteiger partial charge is 0.348 e. The lowest BCUT2D eigenvalue weighted by atomic mass is 9.95. The highest BCUT2D eigenvalue weighted by atomic mass is 32.1. The Balaban J connectivity index is 1.59. The number of thiazole rings is 1. The van der Waals surface area contributed by atoms with Crippen molar-refractivity contribution in [3.63, 3.8) is 0 Å². The summed E-state index contributed by atoms with van der Waals surface area (Å²) in [5, 5.41) is 7.12. The number of amides is 1. The van der Waals surface area contributed by atoms with Crippen molar-refractivity contribution in [1.82, 2.24) is 14.7 Å². The molecule has 0 saturated heterocycles. The van der Waals surface area contributed by atoms with E-state index in [1.165, 1.54) is 30.6 Å². The summed E-state index contributed by atoms with van der Waals surface area (Å²) in [5.41, 5.74) is 1.63. The fraction of sp³-hybridized carbons (Fsp3) is 0.375. The van der Waals surface area contributed by atoms with Gasteiger partial charge in [-0.1, -0.05) is 25.3 Å². The summed E-state index contributed by atoms with van der Waals surface area (Å²) in [5.74, 6) is 0.0216. The predicted molar refractivity (Wildman–Crippen MR) is 90.7 cm³/mol. The quantitative estimate of drug-likeness (QED) is 0.782. The summed E-state index contributed by atoms with van der Waals surface area (Å²) >= 11 is 3.18. The number of hydrogen-bond donors (Lipinski definition) is 1. The van der Waals surface area contributed by atoms with E-state index in [-0.39, 0.29) is 5.91 Å². The highest BCUT2D eigenvalue weighted by Crippen LogP contribution is 2.27. The topological polar surface area (TPSA) is 46.4 Å². The van der Waals surface area contributed by atoms with E-state index in [1.807, 2.05) is 27.4 Å². The molecule has 1 saturated carbocycles. The first kappa shape index (κ1) is 14.0. The van der Waals surface area contributed by atoms with Gasteiger partial charge in [0.1, 0.15) is 11.4 Å². The molecule has 0 radical (unpaired) electrons. The van der Waals surface area contributed by atoms with Crippen molar-refractivity contribution in [2.75, 3.05) is 0 Å². The molecule has 4 nitrogen and oxygen atoms in total. The van der Waals surface area contributed by atoms with Gasteiger partial charge in [-0.3, -0.25) is 9.20 Å². The molecule has 22 heavy (non-hydrogen) atoms. The Kier molecular flexibility index (Phi) is 3.72. The number of fused-ring (bicyclic) bond motifs is 1. The fourth-order valence-electron chi connectivity index (χ4n) is 3.00. The molecular weight excluding hydrogens is 314 g/mol. The number of hydrogen-bond acceptors (Lipinski definition) is 4. The van der Waals surface area contributed by atoms with Gasteiger partial charge in [-0.05, 0) is 24.3 Å². The van der Waals surface area contributed by atoms with Crippen molar-refractivity contribution in [3.8, 4) is 10.6 Å². The molecule has 0 spiro atoms. The summed E-state index contributed by atoms with van der Waals surface area (Å²) in [4.78, 5) is 19.2. The van der Waals surface area contributed by atoms with E-state index in [2.05, 4.69) is 16.4 Å². The average molecular weight is 331 g/mol. The SMILES string of the molecule is O=C(NC1CCCCC1)c1csc2nc(-c3cccs3)cn12. The van der Waals surface area contributed by atoms with E-state index >= 15 is 0 Å². The van der Waals surface area contributed by atoms with Crippen LogP contribution in [0.25, 0.3) is 15.5 Å². The van der Waals surface area contributed by atoms with Gasteiger partial charge in [0.2, 0.25) is 0 Å². The number of imidazole rings is 1. The number of aromatic nitrogens is 2. The van der Waals surface area contributed by atoms with Gasteiger partial charge in [0.25, 0.3) is 5.91 Å². The first-order chi connectivity index (χ1) is 10.8. The van der Waals surface area contributed by atoms with Crippen LogP contribution >= 0.6 is 22.7 Å². The predicted octanol–water partition coefficient (Wildman–Crippen LogP) is 4.19. The van der Waals surface area contributed by atoms with Crippen molar-refractivity contribution in [2.45, 2.75) is 38.1 Å². The Morgan fingerprint density at radius 1 is 1.27 bits per heavy atom. The lowest BCUT2D eigenvalue weighted by Crippen LogP contribution is -2.36. The molecule has 0 unspecified atom stereocenters. The van der Waals surface area contributed by atoms with Crippen LogP contribution < -0.4 is 5.32 Å². The Hall–Kier alpha value is -1.66. The van der Waals surface area contributed by atoms with Crippen LogP contribution in [0.2, 0.25) is 0 Å². The molecule has 114 valence electrons. The number of carbonyl (C=O) groups is 1. The molecule has 0 bridgehead atoms. The Morgan fingerprint density at radius 3 is 2.91 bits per heavy atom. The fourth-order valence-corrected chi connectivity index (χ4v) is 4.53. The molecule has 3 aromatic rings. The summed E-state index contributed by atoms with van der Waals surface area (Å²) in [6, 6.07) is 4.40. The van der Waals surface area contributed by atoms with E-state index in [4.69, 9.17) is 0 Å². The molecule has 4 rings (SSSR count). The van der Waals surface area contributed by atoms with Crippen LogP contribution in [0.15, 0.2) is 29.1 Å². The molecule has 3 heterocycles. The number of nitrogens with zero attached hydrogens (tertiary/aromatic N) is 2. The van der Waals surface area contributed by atoms with Crippen LogP contribution in [-0.4, -0.2) is 21.3 Å². The van der Waals surface area contributed by atoms with E-state index in [9.17, 15) is 4.79 Å². The van der Waals surface area contributed by atoms with Crippen LogP contribution in [0.5, 0.6) is 0 Å². The third kappa shape index (κ3) is 2.57. The van der Waals surface area contributed by atoms with Crippen molar-refractivity contribution in [1.29, 1.82) is 0 Å².